The van der Waals surface area contributed by atoms with Gasteiger partial charge in [0.2, 0.25) is 0 Å². The van der Waals surface area contributed by atoms with E-state index in [4.69, 9.17) is 54.9 Å². The van der Waals surface area contributed by atoms with Gasteiger partial charge in [0.05, 0.1) is 15.1 Å². The molecule has 4 nitrogen and oxygen atoms in total. The van der Waals surface area contributed by atoms with Gasteiger partial charge in [-0.15, -0.1) is 11.3 Å². The summed E-state index contributed by atoms with van der Waals surface area (Å²) in [6.45, 7) is 0. The number of thiocarbonyl (C=S) groups is 3. The minimum absolute atomic E-state index is 0.0852. The van der Waals surface area contributed by atoms with Crippen LogP contribution in [-0.2, 0) is 13.3 Å². The van der Waals surface area contributed by atoms with Gasteiger partial charge in [0.25, 0.3) is 0 Å². The first-order chi connectivity index (χ1) is 13.4. The largest absolute Gasteiger partial charge is 0.500 e. The third kappa shape index (κ3) is 4.36. The highest BCUT2D eigenvalue weighted by atomic mass is 32.1. The van der Waals surface area contributed by atoms with Crippen molar-refractivity contribution in [3.63, 3.8) is 0 Å². The van der Waals surface area contributed by atoms with Gasteiger partial charge in [-0.05, 0) is 25.0 Å². The van der Waals surface area contributed by atoms with Crippen molar-refractivity contribution < 1.29 is 13.3 Å². The number of thiazole rings is 1. The number of rotatable bonds is 8. The maximum absolute atomic E-state index is 5.79. The number of allylic oxidation sites excluding steroid dienone is 2. The van der Waals surface area contributed by atoms with Crippen molar-refractivity contribution in [1.82, 2.24) is 4.98 Å². The smallest absolute Gasteiger partial charge is 0.377 e. The molecule has 0 aliphatic heterocycles. The van der Waals surface area contributed by atoms with Crippen LogP contribution >= 0.6 is 48.0 Å². The summed E-state index contributed by atoms with van der Waals surface area (Å²) in [5.41, 5.74) is 1.75. The van der Waals surface area contributed by atoms with Crippen molar-refractivity contribution >= 4 is 87.2 Å². The van der Waals surface area contributed by atoms with Crippen LogP contribution in [0, 0.1) is 12.0 Å². The van der Waals surface area contributed by atoms with Crippen LogP contribution in [-0.4, -0.2) is 49.7 Å². The molecule has 3 rings (SSSR count). The zero-order valence-corrected chi connectivity index (χ0v) is 20.1. The zero-order chi connectivity index (χ0) is 20.3. The second kappa shape index (κ2) is 9.35. The maximum Gasteiger partial charge on any atom is 0.500 e. The minimum Gasteiger partial charge on any atom is -0.377 e. The topological polar surface area (TPSA) is 40.6 Å². The van der Waals surface area contributed by atoms with E-state index in [1.54, 1.807) is 32.7 Å². The van der Waals surface area contributed by atoms with Crippen molar-refractivity contribution in [1.29, 1.82) is 0 Å². The molecule has 1 aromatic heterocycles. The number of aromatic nitrogens is 1. The molecule has 1 aliphatic carbocycles. The fourth-order valence-corrected chi connectivity index (χ4v) is 6.95. The number of fused-ring (bicyclic) bond motifs is 1. The predicted molar refractivity (Wildman–Crippen MR) is 128 cm³/mol. The standard InChI is InChI=1S/C19H20NO3S4Si/c1-21-28(22-2,23-3)10-6-7-12-17(25)13(11-15(24)18(12)26)19-20-14-8-4-5-9-16(14)27-19/h4-5,8-9,12H,6-7,10H2,1-3H3. The SMILES string of the molecule is CO[Si](CCCC1C(=S)C(=S)[C]=C(c2nc3ccccc3s2)C1=S)(OC)OC. The molecule has 0 N–H and O–H groups in total. The summed E-state index contributed by atoms with van der Waals surface area (Å²) >= 11 is 18.5. The highest BCUT2D eigenvalue weighted by Crippen LogP contribution is 2.34. The Hall–Kier alpha value is -0.783. The molecular weight excluding hydrogens is 447 g/mol. The van der Waals surface area contributed by atoms with Gasteiger partial charge >= 0.3 is 8.80 Å². The number of hydrogen-bond donors (Lipinski definition) is 0. The van der Waals surface area contributed by atoms with E-state index in [-0.39, 0.29) is 5.92 Å². The molecule has 1 aliphatic rings. The first-order valence-corrected chi connectivity index (χ1v) is 12.7. The predicted octanol–water partition coefficient (Wildman–Crippen LogP) is 4.88. The van der Waals surface area contributed by atoms with Crippen LogP contribution < -0.4 is 0 Å². The highest BCUT2D eigenvalue weighted by molar-refractivity contribution is 7.90. The molecule has 0 fully saturated rings. The second-order valence-corrected chi connectivity index (χ2v) is 11.7. The fraction of sp³-hybridized carbons (Fsp3) is 0.368. The summed E-state index contributed by atoms with van der Waals surface area (Å²) in [5, 5.41) is 0.843. The maximum atomic E-state index is 5.79. The van der Waals surface area contributed by atoms with E-state index in [0.29, 0.717) is 15.8 Å². The Morgan fingerprint density at radius 2 is 1.75 bits per heavy atom. The van der Waals surface area contributed by atoms with Gasteiger partial charge in [-0.25, -0.2) is 4.98 Å². The molecule has 1 atom stereocenters. The number of nitrogens with zero attached hydrogens (tertiary/aromatic N) is 1. The Kier molecular flexibility index (Phi) is 7.32. The molecule has 0 spiro atoms. The van der Waals surface area contributed by atoms with Crippen molar-refractivity contribution in [2.24, 2.45) is 5.92 Å². The molecule has 1 heterocycles. The summed E-state index contributed by atoms with van der Waals surface area (Å²) in [6.07, 6.45) is 4.78. The summed E-state index contributed by atoms with van der Waals surface area (Å²) in [6, 6.07) is 8.71. The first-order valence-electron chi connectivity index (χ1n) is 8.72. The summed E-state index contributed by atoms with van der Waals surface area (Å²) < 4.78 is 17.6. The van der Waals surface area contributed by atoms with Crippen LogP contribution in [0.4, 0.5) is 0 Å². The van der Waals surface area contributed by atoms with Crippen molar-refractivity contribution in [2.75, 3.05) is 21.3 Å². The molecule has 28 heavy (non-hydrogen) atoms. The van der Waals surface area contributed by atoms with Crippen LogP contribution in [0.1, 0.15) is 17.8 Å². The number of hydrogen-bond acceptors (Lipinski definition) is 8. The van der Waals surface area contributed by atoms with E-state index in [1.807, 2.05) is 24.3 Å². The molecule has 9 heteroatoms. The Balaban J connectivity index is 1.80. The molecule has 1 unspecified atom stereocenters. The van der Waals surface area contributed by atoms with Crippen LogP contribution in [0.5, 0.6) is 0 Å². The molecule has 0 saturated carbocycles. The van der Waals surface area contributed by atoms with E-state index >= 15 is 0 Å². The average molecular weight is 467 g/mol. The lowest BCUT2D eigenvalue weighted by Crippen LogP contribution is -2.43. The molecule has 147 valence electrons. The van der Waals surface area contributed by atoms with Gasteiger partial charge in [0, 0.05) is 54.7 Å². The molecule has 2 aromatic rings. The molecule has 1 radical (unpaired) electrons. The van der Waals surface area contributed by atoms with E-state index in [9.17, 15) is 0 Å². The summed E-state index contributed by atoms with van der Waals surface area (Å²) in [5.74, 6) is -0.0852. The second-order valence-electron chi connectivity index (χ2n) is 6.28. The monoisotopic (exact) mass is 466 g/mol. The molecular formula is C19H20NO3S4Si. The van der Waals surface area contributed by atoms with Gasteiger partial charge in [-0.3, -0.25) is 0 Å². The molecule has 0 saturated heterocycles. The van der Waals surface area contributed by atoms with Crippen LogP contribution in [0.15, 0.2) is 24.3 Å². The lowest BCUT2D eigenvalue weighted by molar-refractivity contribution is 0.122. The quantitative estimate of drug-likeness (QED) is 0.406. The van der Waals surface area contributed by atoms with E-state index in [0.717, 1.165) is 38.5 Å². The average Bonchev–Trinajstić information content (AvgIpc) is 3.15. The van der Waals surface area contributed by atoms with Crippen molar-refractivity contribution in [2.45, 2.75) is 18.9 Å². The molecule has 1 aromatic carbocycles. The van der Waals surface area contributed by atoms with E-state index in [2.05, 4.69) is 6.08 Å². The lowest BCUT2D eigenvalue weighted by atomic mass is 9.85. The Labute approximate surface area is 186 Å². The van der Waals surface area contributed by atoms with Crippen molar-refractivity contribution in [3.8, 4) is 0 Å². The van der Waals surface area contributed by atoms with Crippen LogP contribution in [0.2, 0.25) is 6.04 Å². The van der Waals surface area contributed by atoms with Crippen molar-refractivity contribution in [3.05, 3.63) is 35.3 Å². The lowest BCUT2D eigenvalue weighted by Gasteiger charge is -2.27. The number of benzene rings is 1. The van der Waals surface area contributed by atoms with Gasteiger partial charge in [0.1, 0.15) is 5.01 Å². The highest BCUT2D eigenvalue weighted by Gasteiger charge is 2.38. The van der Waals surface area contributed by atoms with Gasteiger partial charge < -0.3 is 13.3 Å². The molecule has 0 bridgehead atoms. The Morgan fingerprint density at radius 1 is 1.07 bits per heavy atom. The normalized spacial score (nSPS) is 18.0. The zero-order valence-electron chi connectivity index (χ0n) is 15.8. The minimum atomic E-state index is -2.62. The van der Waals surface area contributed by atoms with Gasteiger partial charge in [-0.1, -0.05) is 48.8 Å². The van der Waals surface area contributed by atoms with E-state index < -0.39 is 8.80 Å². The fourth-order valence-electron chi connectivity index (χ4n) is 3.17. The van der Waals surface area contributed by atoms with Gasteiger partial charge in [-0.2, -0.15) is 0 Å². The van der Waals surface area contributed by atoms with Gasteiger partial charge in [0.15, 0.2) is 0 Å². The third-order valence-electron chi connectivity index (χ3n) is 4.76. The Bertz CT molecular complexity index is 910. The first kappa shape index (κ1) is 21.9. The number of para-hydroxylation sites is 1. The van der Waals surface area contributed by atoms with E-state index in [1.165, 1.54) is 0 Å². The molecule has 0 amide bonds. The third-order valence-corrected chi connectivity index (χ3v) is 10.1. The Morgan fingerprint density at radius 3 is 2.39 bits per heavy atom. The van der Waals surface area contributed by atoms with Crippen LogP contribution in [0.25, 0.3) is 15.8 Å². The summed E-state index contributed by atoms with van der Waals surface area (Å²) in [7, 11) is 2.24. The summed E-state index contributed by atoms with van der Waals surface area (Å²) in [4.78, 5) is 6.71. The van der Waals surface area contributed by atoms with Crippen LogP contribution in [0.3, 0.4) is 0 Å².